The van der Waals surface area contributed by atoms with E-state index in [4.69, 9.17) is 4.74 Å². The van der Waals surface area contributed by atoms with Crippen molar-refractivity contribution in [2.75, 3.05) is 19.7 Å². The van der Waals surface area contributed by atoms with Crippen molar-refractivity contribution in [2.24, 2.45) is 0 Å². The Hall–Kier alpha value is -1.77. The van der Waals surface area contributed by atoms with Crippen molar-refractivity contribution in [2.45, 2.75) is 26.7 Å². The predicted octanol–water partition coefficient (Wildman–Crippen LogP) is 3.05. The van der Waals surface area contributed by atoms with Crippen LogP contribution < -0.4 is 4.74 Å². The van der Waals surface area contributed by atoms with E-state index in [0.29, 0.717) is 19.7 Å². The Balaban J connectivity index is 2.29. The maximum atomic E-state index is 11.3. The molecular weight excluding hydrogens is 238 g/mol. The topological polar surface area (TPSA) is 29.5 Å². The highest BCUT2D eigenvalue weighted by Gasteiger charge is 2.05. The fourth-order valence-corrected chi connectivity index (χ4v) is 1.80. The van der Waals surface area contributed by atoms with Gasteiger partial charge in [-0.15, -0.1) is 6.58 Å². The summed E-state index contributed by atoms with van der Waals surface area (Å²) in [6, 6.07) is 8.14. The molecule has 0 aromatic heterocycles. The molecule has 0 spiro atoms. The van der Waals surface area contributed by atoms with Gasteiger partial charge in [-0.05, 0) is 30.5 Å². The largest absolute Gasteiger partial charge is 0.494 e. The van der Waals surface area contributed by atoms with Crippen molar-refractivity contribution in [1.29, 1.82) is 0 Å². The van der Waals surface area contributed by atoms with Crippen LogP contribution in [0.3, 0.4) is 0 Å². The van der Waals surface area contributed by atoms with Gasteiger partial charge < -0.3 is 9.64 Å². The molecule has 0 aliphatic carbocycles. The summed E-state index contributed by atoms with van der Waals surface area (Å²) in [6.07, 6.45) is 3.60. The minimum Gasteiger partial charge on any atom is -0.494 e. The smallest absolute Gasteiger partial charge is 0.219 e. The predicted molar refractivity (Wildman–Crippen MR) is 78.4 cm³/mol. The molecule has 3 heteroatoms. The molecule has 104 valence electrons. The van der Waals surface area contributed by atoms with Gasteiger partial charge in [-0.25, -0.2) is 0 Å². The first-order valence-electron chi connectivity index (χ1n) is 6.75. The monoisotopic (exact) mass is 261 g/mol. The van der Waals surface area contributed by atoms with E-state index in [1.165, 1.54) is 5.56 Å². The number of ether oxygens (including phenoxy) is 1. The molecule has 0 unspecified atom stereocenters. The van der Waals surface area contributed by atoms with Crippen LogP contribution in [0, 0.1) is 0 Å². The highest BCUT2D eigenvalue weighted by molar-refractivity contribution is 5.73. The zero-order valence-electron chi connectivity index (χ0n) is 11.9. The van der Waals surface area contributed by atoms with Crippen molar-refractivity contribution < 1.29 is 9.53 Å². The summed E-state index contributed by atoms with van der Waals surface area (Å²) < 4.78 is 5.65. The summed E-state index contributed by atoms with van der Waals surface area (Å²) >= 11 is 0. The second-order valence-corrected chi connectivity index (χ2v) is 4.45. The van der Waals surface area contributed by atoms with Gasteiger partial charge in [0.2, 0.25) is 5.91 Å². The lowest BCUT2D eigenvalue weighted by Crippen LogP contribution is -2.30. The van der Waals surface area contributed by atoms with Crippen LogP contribution >= 0.6 is 0 Å². The molecule has 0 aliphatic rings. The lowest BCUT2D eigenvalue weighted by molar-refractivity contribution is -0.128. The van der Waals surface area contributed by atoms with Crippen molar-refractivity contribution in [3.8, 4) is 5.75 Å². The molecule has 0 N–H and O–H groups in total. The van der Waals surface area contributed by atoms with Crippen molar-refractivity contribution in [3.05, 3.63) is 42.5 Å². The summed E-state index contributed by atoms with van der Waals surface area (Å²) in [5.41, 5.74) is 1.31. The maximum absolute atomic E-state index is 11.3. The van der Waals surface area contributed by atoms with Crippen LogP contribution in [0.15, 0.2) is 36.9 Å². The normalized spacial score (nSPS) is 10.0. The Morgan fingerprint density at radius 2 is 2.05 bits per heavy atom. The molecular formula is C16H23NO2. The van der Waals surface area contributed by atoms with Crippen LogP contribution in [0.25, 0.3) is 0 Å². The van der Waals surface area contributed by atoms with E-state index in [2.05, 4.69) is 25.6 Å². The molecule has 0 bridgehead atoms. The fourth-order valence-electron chi connectivity index (χ4n) is 1.80. The van der Waals surface area contributed by atoms with E-state index in [0.717, 1.165) is 18.6 Å². The fraction of sp³-hybridized carbons (Fsp3) is 0.438. The van der Waals surface area contributed by atoms with E-state index < -0.39 is 0 Å². The van der Waals surface area contributed by atoms with Gasteiger partial charge in [0.25, 0.3) is 0 Å². The molecule has 0 radical (unpaired) electrons. The first kappa shape index (κ1) is 15.3. The molecule has 1 aromatic carbocycles. The third kappa shape index (κ3) is 5.60. The van der Waals surface area contributed by atoms with Crippen molar-refractivity contribution in [1.82, 2.24) is 4.90 Å². The number of hydrogen-bond donors (Lipinski definition) is 0. The molecule has 3 nitrogen and oxygen atoms in total. The van der Waals surface area contributed by atoms with Gasteiger partial charge in [0.15, 0.2) is 0 Å². The highest BCUT2D eigenvalue weighted by atomic mass is 16.5. The molecule has 1 rings (SSSR count). The van der Waals surface area contributed by atoms with Gasteiger partial charge >= 0.3 is 0 Å². The van der Waals surface area contributed by atoms with Gasteiger partial charge in [0, 0.05) is 20.0 Å². The zero-order valence-corrected chi connectivity index (χ0v) is 11.9. The highest BCUT2D eigenvalue weighted by Crippen LogP contribution is 2.12. The average molecular weight is 261 g/mol. The lowest BCUT2D eigenvalue weighted by Gasteiger charge is -2.19. The number of benzene rings is 1. The average Bonchev–Trinajstić information content (AvgIpc) is 2.42. The van der Waals surface area contributed by atoms with Crippen LogP contribution in [-0.2, 0) is 11.2 Å². The molecule has 1 aromatic rings. The first-order valence-corrected chi connectivity index (χ1v) is 6.75. The number of carbonyl (C=O) groups excluding carboxylic acids is 1. The van der Waals surface area contributed by atoms with Gasteiger partial charge in [-0.3, -0.25) is 4.79 Å². The van der Waals surface area contributed by atoms with Crippen molar-refractivity contribution in [3.63, 3.8) is 0 Å². The molecule has 0 atom stereocenters. The lowest BCUT2D eigenvalue weighted by atomic mass is 10.2. The molecule has 0 heterocycles. The van der Waals surface area contributed by atoms with Gasteiger partial charge in [-0.1, -0.05) is 25.1 Å². The number of amides is 1. The van der Waals surface area contributed by atoms with E-state index in [-0.39, 0.29) is 5.91 Å². The van der Waals surface area contributed by atoms with Gasteiger partial charge in [-0.2, -0.15) is 0 Å². The zero-order chi connectivity index (χ0) is 14.1. The van der Waals surface area contributed by atoms with Crippen LogP contribution in [0.1, 0.15) is 25.8 Å². The second-order valence-electron chi connectivity index (χ2n) is 4.45. The number of rotatable bonds is 8. The van der Waals surface area contributed by atoms with E-state index >= 15 is 0 Å². The molecule has 0 saturated carbocycles. The molecule has 0 saturated heterocycles. The molecule has 1 amide bonds. The van der Waals surface area contributed by atoms with Crippen molar-refractivity contribution >= 4 is 5.91 Å². The SMILES string of the molecule is C=CCN(CCCOc1ccc(CC)cc1)C(C)=O. The number of carbonyl (C=O) groups is 1. The van der Waals surface area contributed by atoms with E-state index in [1.807, 2.05) is 12.1 Å². The molecule has 0 aliphatic heterocycles. The summed E-state index contributed by atoms with van der Waals surface area (Å²) in [5, 5.41) is 0. The van der Waals surface area contributed by atoms with E-state index in [1.54, 1.807) is 17.9 Å². The van der Waals surface area contributed by atoms with Gasteiger partial charge in [0.05, 0.1) is 6.61 Å². The number of hydrogen-bond acceptors (Lipinski definition) is 2. The Bertz CT molecular complexity index is 398. The Labute approximate surface area is 115 Å². The Morgan fingerprint density at radius 1 is 1.37 bits per heavy atom. The van der Waals surface area contributed by atoms with Crippen LogP contribution in [0.5, 0.6) is 5.75 Å². The standard InChI is InChI=1S/C16H23NO2/c1-4-11-17(14(3)18)12-6-13-19-16-9-7-15(5-2)8-10-16/h4,7-10H,1,5-6,11-13H2,2-3H3. The van der Waals surface area contributed by atoms with Gasteiger partial charge in [0.1, 0.15) is 5.75 Å². The van der Waals surface area contributed by atoms with Crippen LogP contribution in [0.4, 0.5) is 0 Å². The molecule has 19 heavy (non-hydrogen) atoms. The van der Waals surface area contributed by atoms with E-state index in [9.17, 15) is 4.79 Å². The Morgan fingerprint density at radius 3 is 2.58 bits per heavy atom. The maximum Gasteiger partial charge on any atom is 0.219 e. The summed E-state index contributed by atoms with van der Waals surface area (Å²) in [7, 11) is 0. The number of aryl methyl sites for hydroxylation is 1. The number of nitrogens with zero attached hydrogens (tertiary/aromatic N) is 1. The van der Waals surface area contributed by atoms with Crippen LogP contribution in [0.2, 0.25) is 0 Å². The quantitative estimate of drug-likeness (QED) is 0.531. The summed E-state index contributed by atoms with van der Waals surface area (Å²) in [4.78, 5) is 13.1. The molecule has 0 fully saturated rings. The third-order valence-electron chi connectivity index (χ3n) is 2.97. The Kier molecular flexibility index (Phi) is 6.72. The summed E-state index contributed by atoms with van der Waals surface area (Å²) in [5.74, 6) is 0.961. The van der Waals surface area contributed by atoms with Crippen LogP contribution in [-0.4, -0.2) is 30.5 Å². The third-order valence-corrected chi connectivity index (χ3v) is 2.97. The second kappa shape index (κ2) is 8.35. The minimum absolute atomic E-state index is 0.0761. The summed E-state index contributed by atoms with van der Waals surface area (Å²) in [6.45, 7) is 9.28. The minimum atomic E-state index is 0.0761. The first-order chi connectivity index (χ1) is 9.17.